The number of nitrogens with one attached hydrogen (secondary N) is 1. The molecule has 0 spiro atoms. The molecule has 0 aromatic heterocycles. The van der Waals surface area contributed by atoms with Gasteiger partial charge in [-0.15, -0.1) is 0 Å². The minimum Gasteiger partial charge on any atom is -0.497 e. The highest BCUT2D eigenvalue weighted by molar-refractivity contribution is 6.31. The van der Waals surface area contributed by atoms with Gasteiger partial charge in [-0.05, 0) is 55.7 Å². The zero-order valence-corrected chi connectivity index (χ0v) is 19.1. The van der Waals surface area contributed by atoms with Crippen molar-refractivity contribution in [1.82, 2.24) is 10.2 Å². The summed E-state index contributed by atoms with van der Waals surface area (Å²) in [5.41, 5.74) is 1.71. The van der Waals surface area contributed by atoms with E-state index < -0.39 is 0 Å². The summed E-state index contributed by atoms with van der Waals surface area (Å²) in [7, 11) is 1.63. The van der Waals surface area contributed by atoms with Crippen molar-refractivity contribution in [3.63, 3.8) is 0 Å². The third kappa shape index (κ3) is 4.93. The molecule has 0 unspecified atom stereocenters. The molecule has 2 aromatic carbocycles. The Labute approximate surface area is 193 Å². The Kier molecular flexibility index (Phi) is 6.74. The van der Waals surface area contributed by atoms with Crippen molar-refractivity contribution < 1.29 is 19.1 Å². The third-order valence-corrected chi connectivity index (χ3v) is 6.21. The number of fused-ring (bicyclic) bond motifs is 1. The van der Waals surface area contributed by atoms with Crippen molar-refractivity contribution in [1.29, 1.82) is 0 Å². The van der Waals surface area contributed by atoms with Gasteiger partial charge in [0.25, 0.3) is 0 Å². The fourth-order valence-electron chi connectivity index (χ4n) is 4.17. The van der Waals surface area contributed by atoms with E-state index in [1.807, 2.05) is 36.1 Å². The van der Waals surface area contributed by atoms with Crippen LogP contribution in [0.4, 0.5) is 10.5 Å². The van der Waals surface area contributed by atoms with Crippen LogP contribution in [-0.4, -0.2) is 49.7 Å². The summed E-state index contributed by atoms with van der Waals surface area (Å²) in [5, 5.41) is 3.58. The number of hydrogen-bond acceptors (Lipinski definition) is 4. The highest BCUT2D eigenvalue weighted by Gasteiger charge is 2.34. The fraction of sp³-hybridized carbons (Fsp3) is 0.417. The Hall–Kier alpha value is -2.93. The molecule has 0 bridgehead atoms. The molecule has 32 heavy (non-hydrogen) atoms. The molecular formula is C24H28ClN3O4. The molecule has 7 nitrogen and oxygen atoms in total. The minimum absolute atomic E-state index is 0.0324. The number of rotatable bonds is 4. The van der Waals surface area contributed by atoms with Crippen LogP contribution < -0.4 is 19.7 Å². The SMILES string of the molecule is COc1ccc(CNC(=O)C2CCN(C(=O)N3C[C@@H](C)Oc4ccc(Cl)cc43)CC2)cc1. The zero-order valence-electron chi connectivity index (χ0n) is 18.3. The molecule has 170 valence electrons. The summed E-state index contributed by atoms with van der Waals surface area (Å²) in [6.07, 6.45) is 1.18. The molecule has 2 aliphatic rings. The standard InChI is InChI=1S/C24H28ClN3O4/c1-16-15-28(21-13-19(25)5-8-22(21)32-16)24(30)27-11-9-18(10-12-27)23(29)26-14-17-3-6-20(31-2)7-4-17/h3-8,13,16,18H,9-12,14-15H2,1-2H3,(H,26,29)/t16-/m1/s1. The van der Waals surface area contributed by atoms with Gasteiger partial charge in [-0.25, -0.2) is 4.79 Å². The minimum atomic E-state index is -0.103. The molecule has 1 saturated heterocycles. The number of carbonyl (C=O) groups is 2. The van der Waals surface area contributed by atoms with Crippen LogP contribution in [0, 0.1) is 5.92 Å². The molecule has 4 rings (SSSR count). The number of anilines is 1. The Bertz CT molecular complexity index is 974. The van der Waals surface area contributed by atoms with Crippen molar-refractivity contribution in [2.24, 2.45) is 5.92 Å². The highest BCUT2D eigenvalue weighted by atomic mass is 35.5. The number of methoxy groups -OCH3 is 1. The summed E-state index contributed by atoms with van der Waals surface area (Å²) >= 11 is 6.15. The highest BCUT2D eigenvalue weighted by Crippen LogP contribution is 2.36. The monoisotopic (exact) mass is 457 g/mol. The molecule has 1 atom stereocenters. The van der Waals surface area contributed by atoms with Gasteiger partial charge in [0.2, 0.25) is 5.91 Å². The van der Waals surface area contributed by atoms with E-state index in [0.717, 1.165) is 11.3 Å². The van der Waals surface area contributed by atoms with Crippen molar-refractivity contribution >= 4 is 29.2 Å². The van der Waals surface area contributed by atoms with E-state index >= 15 is 0 Å². The van der Waals surface area contributed by atoms with Gasteiger partial charge >= 0.3 is 6.03 Å². The van der Waals surface area contributed by atoms with Gasteiger partial charge in [0.15, 0.2) is 0 Å². The summed E-state index contributed by atoms with van der Waals surface area (Å²) in [5.74, 6) is 1.39. The summed E-state index contributed by atoms with van der Waals surface area (Å²) in [6.45, 7) is 3.97. The molecule has 0 aliphatic carbocycles. The second-order valence-electron chi connectivity index (χ2n) is 8.26. The quantitative estimate of drug-likeness (QED) is 0.750. The molecule has 2 heterocycles. The molecule has 2 aliphatic heterocycles. The van der Waals surface area contributed by atoms with Crippen LogP contribution in [0.25, 0.3) is 0 Å². The lowest BCUT2D eigenvalue weighted by molar-refractivity contribution is -0.126. The first-order valence-corrected chi connectivity index (χ1v) is 11.3. The Balaban J connectivity index is 1.32. The molecule has 2 aromatic rings. The van der Waals surface area contributed by atoms with Crippen LogP contribution >= 0.6 is 11.6 Å². The predicted molar refractivity (Wildman–Crippen MR) is 123 cm³/mol. The number of ether oxygens (including phenoxy) is 2. The number of hydrogen-bond donors (Lipinski definition) is 1. The maximum Gasteiger partial charge on any atom is 0.324 e. The van der Waals surface area contributed by atoms with Crippen LogP contribution in [0.3, 0.4) is 0 Å². The molecule has 0 saturated carbocycles. The number of benzene rings is 2. The van der Waals surface area contributed by atoms with Gasteiger partial charge in [0, 0.05) is 30.6 Å². The smallest absolute Gasteiger partial charge is 0.324 e. The first kappa shape index (κ1) is 22.3. The van der Waals surface area contributed by atoms with Crippen molar-refractivity contribution in [3.05, 3.63) is 53.1 Å². The van der Waals surface area contributed by atoms with E-state index in [9.17, 15) is 9.59 Å². The van der Waals surface area contributed by atoms with Crippen LogP contribution in [0.2, 0.25) is 5.02 Å². The molecule has 1 fully saturated rings. The fourth-order valence-corrected chi connectivity index (χ4v) is 4.34. The largest absolute Gasteiger partial charge is 0.497 e. The van der Waals surface area contributed by atoms with E-state index in [0.29, 0.717) is 55.5 Å². The first-order chi connectivity index (χ1) is 15.4. The van der Waals surface area contributed by atoms with E-state index in [4.69, 9.17) is 21.1 Å². The number of nitrogens with zero attached hydrogens (tertiary/aromatic N) is 2. The Morgan fingerprint density at radius 2 is 1.88 bits per heavy atom. The lowest BCUT2D eigenvalue weighted by Crippen LogP contribution is -2.52. The average Bonchev–Trinajstić information content (AvgIpc) is 2.82. The van der Waals surface area contributed by atoms with E-state index in [1.54, 1.807) is 30.2 Å². The van der Waals surface area contributed by atoms with E-state index in [2.05, 4.69) is 5.32 Å². The van der Waals surface area contributed by atoms with Gasteiger partial charge in [-0.3, -0.25) is 9.69 Å². The van der Waals surface area contributed by atoms with Gasteiger partial charge < -0.3 is 19.7 Å². The summed E-state index contributed by atoms with van der Waals surface area (Å²) < 4.78 is 11.0. The van der Waals surface area contributed by atoms with Crippen molar-refractivity contribution in [3.8, 4) is 11.5 Å². The lowest BCUT2D eigenvalue weighted by Gasteiger charge is -2.39. The first-order valence-electron chi connectivity index (χ1n) is 10.9. The number of halogens is 1. The van der Waals surface area contributed by atoms with Gasteiger partial charge in [-0.2, -0.15) is 0 Å². The predicted octanol–water partition coefficient (Wildman–Crippen LogP) is 4.08. The number of likely N-dealkylation sites (tertiary alicyclic amines) is 1. The summed E-state index contributed by atoms with van der Waals surface area (Å²) in [6, 6.07) is 12.9. The Morgan fingerprint density at radius 1 is 1.16 bits per heavy atom. The van der Waals surface area contributed by atoms with Crippen LogP contribution in [0.15, 0.2) is 42.5 Å². The molecule has 3 amide bonds. The van der Waals surface area contributed by atoms with E-state index in [-0.39, 0.29) is 24.0 Å². The molecule has 8 heteroatoms. The molecule has 0 radical (unpaired) electrons. The average molecular weight is 458 g/mol. The van der Waals surface area contributed by atoms with Crippen LogP contribution in [0.1, 0.15) is 25.3 Å². The normalized spacial score (nSPS) is 18.5. The van der Waals surface area contributed by atoms with Gasteiger partial charge in [0.05, 0.1) is 19.3 Å². The topological polar surface area (TPSA) is 71.1 Å². The summed E-state index contributed by atoms with van der Waals surface area (Å²) in [4.78, 5) is 29.4. The number of urea groups is 1. The van der Waals surface area contributed by atoms with Gasteiger partial charge in [0.1, 0.15) is 17.6 Å². The number of piperidine rings is 1. The maximum absolute atomic E-state index is 13.3. The number of amides is 3. The Morgan fingerprint density at radius 3 is 2.56 bits per heavy atom. The van der Waals surface area contributed by atoms with Crippen molar-refractivity contribution in [2.45, 2.75) is 32.4 Å². The molecule has 1 N–H and O–H groups in total. The lowest BCUT2D eigenvalue weighted by atomic mass is 9.96. The maximum atomic E-state index is 13.3. The number of carbonyl (C=O) groups excluding carboxylic acids is 2. The van der Waals surface area contributed by atoms with Crippen LogP contribution in [0.5, 0.6) is 11.5 Å². The van der Waals surface area contributed by atoms with Crippen molar-refractivity contribution in [2.75, 3.05) is 31.6 Å². The third-order valence-electron chi connectivity index (χ3n) is 5.97. The second kappa shape index (κ2) is 9.69. The zero-order chi connectivity index (χ0) is 22.7. The molecular weight excluding hydrogens is 430 g/mol. The van der Waals surface area contributed by atoms with Gasteiger partial charge in [-0.1, -0.05) is 23.7 Å². The van der Waals surface area contributed by atoms with E-state index in [1.165, 1.54) is 0 Å². The second-order valence-corrected chi connectivity index (χ2v) is 8.70. The van der Waals surface area contributed by atoms with Crippen LogP contribution in [-0.2, 0) is 11.3 Å².